The van der Waals surface area contributed by atoms with Gasteiger partial charge in [-0.15, -0.1) is 0 Å². The van der Waals surface area contributed by atoms with Gasteiger partial charge >= 0.3 is 0 Å². The number of nitrogens with two attached hydrogens (primary N) is 1. The molecule has 0 amide bonds. The molecule has 0 aliphatic rings. The highest BCUT2D eigenvalue weighted by molar-refractivity contribution is 5.24. The van der Waals surface area contributed by atoms with Crippen LogP contribution in [0, 0.1) is 0 Å². The van der Waals surface area contributed by atoms with Crippen molar-refractivity contribution in [2.75, 3.05) is 0 Å². The van der Waals surface area contributed by atoms with E-state index in [0.717, 1.165) is 0 Å². The van der Waals surface area contributed by atoms with Crippen molar-refractivity contribution in [1.29, 1.82) is 0 Å². The van der Waals surface area contributed by atoms with Crippen LogP contribution in [0.4, 0.5) is 0 Å². The van der Waals surface area contributed by atoms with E-state index < -0.39 is 0 Å². The lowest BCUT2D eigenvalue weighted by Gasteiger charge is -2.07. The highest BCUT2D eigenvalue weighted by Gasteiger charge is 1.99. The van der Waals surface area contributed by atoms with Crippen molar-refractivity contribution in [1.82, 2.24) is 0 Å². The van der Waals surface area contributed by atoms with E-state index in [2.05, 4.69) is 31.2 Å². The maximum atomic E-state index is 5.83. The summed E-state index contributed by atoms with van der Waals surface area (Å²) < 4.78 is 0. The van der Waals surface area contributed by atoms with E-state index in [1.165, 1.54) is 56.1 Å². The van der Waals surface area contributed by atoms with Crippen LogP contribution in [0.1, 0.15) is 69.5 Å². The van der Waals surface area contributed by atoms with Crippen LogP contribution in [0.5, 0.6) is 0 Å². The van der Waals surface area contributed by atoms with Crippen LogP contribution in [-0.2, 0) is 6.42 Å². The third kappa shape index (κ3) is 5.88. The molecule has 0 aliphatic heterocycles. The van der Waals surface area contributed by atoms with Crippen molar-refractivity contribution in [3.05, 3.63) is 35.4 Å². The Labute approximate surface area is 106 Å². The molecule has 0 aromatic heterocycles. The van der Waals surface area contributed by atoms with Gasteiger partial charge in [0, 0.05) is 6.04 Å². The van der Waals surface area contributed by atoms with Gasteiger partial charge in [0.25, 0.3) is 0 Å². The highest BCUT2D eigenvalue weighted by atomic mass is 14.6. The first-order valence-electron chi connectivity index (χ1n) is 7.08. The maximum absolute atomic E-state index is 5.83. The molecule has 0 saturated heterocycles. The molecule has 1 aromatic rings. The van der Waals surface area contributed by atoms with Crippen LogP contribution < -0.4 is 5.73 Å². The van der Waals surface area contributed by atoms with Crippen LogP contribution in [0.2, 0.25) is 0 Å². The zero-order valence-corrected chi connectivity index (χ0v) is 11.4. The lowest BCUT2D eigenvalue weighted by atomic mass is 10.0. The van der Waals surface area contributed by atoms with E-state index in [1.807, 2.05) is 6.92 Å². The molecule has 0 aliphatic carbocycles. The zero-order valence-electron chi connectivity index (χ0n) is 11.4. The summed E-state index contributed by atoms with van der Waals surface area (Å²) in [5, 5.41) is 0. The topological polar surface area (TPSA) is 26.0 Å². The molecular weight excluding hydrogens is 206 g/mol. The molecule has 0 fully saturated rings. The average molecular weight is 233 g/mol. The molecule has 1 nitrogen and oxygen atoms in total. The fourth-order valence-electron chi connectivity index (χ4n) is 2.10. The van der Waals surface area contributed by atoms with Gasteiger partial charge in [-0.05, 0) is 30.9 Å². The van der Waals surface area contributed by atoms with Crippen molar-refractivity contribution in [2.45, 2.75) is 64.8 Å². The van der Waals surface area contributed by atoms with Gasteiger partial charge in [-0.3, -0.25) is 0 Å². The predicted molar refractivity (Wildman–Crippen MR) is 76.1 cm³/mol. The largest absolute Gasteiger partial charge is 0.324 e. The minimum atomic E-state index is 0.151. The molecule has 1 unspecified atom stereocenters. The quantitative estimate of drug-likeness (QED) is 0.652. The van der Waals surface area contributed by atoms with Gasteiger partial charge < -0.3 is 5.73 Å². The van der Waals surface area contributed by atoms with Crippen LogP contribution in [-0.4, -0.2) is 0 Å². The number of rotatable bonds is 8. The van der Waals surface area contributed by atoms with Crippen molar-refractivity contribution >= 4 is 0 Å². The Bertz CT molecular complexity index is 287. The number of hydrogen-bond donors (Lipinski definition) is 1. The van der Waals surface area contributed by atoms with Gasteiger partial charge in [0.2, 0.25) is 0 Å². The smallest absolute Gasteiger partial charge is 0.0266 e. The second-order valence-corrected chi connectivity index (χ2v) is 5.05. The summed E-state index contributed by atoms with van der Waals surface area (Å²) in [5.41, 5.74) is 8.51. The molecule has 96 valence electrons. The fourth-order valence-corrected chi connectivity index (χ4v) is 2.10. The highest BCUT2D eigenvalue weighted by Crippen LogP contribution is 2.13. The van der Waals surface area contributed by atoms with Crippen LogP contribution in [0.15, 0.2) is 24.3 Å². The van der Waals surface area contributed by atoms with E-state index >= 15 is 0 Å². The number of aryl methyl sites for hydroxylation is 1. The molecule has 0 spiro atoms. The summed E-state index contributed by atoms with van der Waals surface area (Å²) in [5.74, 6) is 0. The molecule has 0 heterocycles. The van der Waals surface area contributed by atoms with Gasteiger partial charge in [-0.25, -0.2) is 0 Å². The minimum Gasteiger partial charge on any atom is -0.324 e. The Balaban J connectivity index is 2.19. The van der Waals surface area contributed by atoms with Crippen LogP contribution >= 0.6 is 0 Å². The zero-order chi connectivity index (χ0) is 12.5. The van der Waals surface area contributed by atoms with E-state index in [-0.39, 0.29) is 6.04 Å². The fraction of sp³-hybridized carbons (Fsp3) is 0.625. The summed E-state index contributed by atoms with van der Waals surface area (Å²) >= 11 is 0. The predicted octanol–water partition coefficient (Wildman–Crippen LogP) is 4.61. The van der Waals surface area contributed by atoms with Crippen molar-refractivity contribution in [3.8, 4) is 0 Å². The summed E-state index contributed by atoms with van der Waals surface area (Å²) in [7, 11) is 0. The number of unbranched alkanes of at least 4 members (excludes halogenated alkanes) is 5. The van der Waals surface area contributed by atoms with Crippen molar-refractivity contribution in [3.63, 3.8) is 0 Å². The molecule has 0 saturated carbocycles. The molecule has 1 aromatic carbocycles. The van der Waals surface area contributed by atoms with E-state index in [0.29, 0.717) is 0 Å². The summed E-state index contributed by atoms with van der Waals surface area (Å²) in [6.45, 7) is 4.29. The number of benzene rings is 1. The van der Waals surface area contributed by atoms with Crippen LogP contribution in [0.3, 0.4) is 0 Å². The normalized spacial score (nSPS) is 12.6. The SMILES string of the molecule is CCCCCCCCc1ccc(C(C)N)cc1. The molecule has 1 rings (SSSR count). The van der Waals surface area contributed by atoms with E-state index in [9.17, 15) is 0 Å². The van der Waals surface area contributed by atoms with Gasteiger partial charge in [-0.1, -0.05) is 63.3 Å². The standard InChI is InChI=1S/C16H27N/c1-3-4-5-6-7-8-9-15-10-12-16(13-11-15)14(2)17/h10-14H,3-9,17H2,1-2H3. The number of hydrogen-bond acceptors (Lipinski definition) is 1. The Morgan fingerprint density at radius 3 is 2.12 bits per heavy atom. The molecule has 1 atom stereocenters. The molecule has 0 radical (unpaired) electrons. The molecule has 1 heteroatoms. The second-order valence-electron chi connectivity index (χ2n) is 5.05. The first-order valence-corrected chi connectivity index (χ1v) is 7.08. The van der Waals surface area contributed by atoms with E-state index in [4.69, 9.17) is 5.73 Å². The Hall–Kier alpha value is -0.820. The van der Waals surface area contributed by atoms with E-state index in [1.54, 1.807) is 0 Å². The Kier molecular flexibility index (Phi) is 6.95. The summed E-state index contributed by atoms with van der Waals surface area (Å²) in [6.07, 6.45) is 9.43. The average Bonchev–Trinajstić information content (AvgIpc) is 2.34. The van der Waals surface area contributed by atoms with Gasteiger partial charge in [-0.2, -0.15) is 0 Å². The molecular formula is C16H27N. The van der Waals surface area contributed by atoms with Gasteiger partial charge in [0.1, 0.15) is 0 Å². The van der Waals surface area contributed by atoms with Crippen molar-refractivity contribution in [2.24, 2.45) is 5.73 Å². The Morgan fingerprint density at radius 2 is 1.53 bits per heavy atom. The van der Waals surface area contributed by atoms with Gasteiger partial charge in [0.15, 0.2) is 0 Å². The Morgan fingerprint density at radius 1 is 0.941 bits per heavy atom. The maximum Gasteiger partial charge on any atom is 0.0266 e. The second kappa shape index (κ2) is 8.30. The first-order chi connectivity index (χ1) is 8.24. The lowest BCUT2D eigenvalue weighted by molar-refractivity contribution is 0.607. The third-order valence-electron chi connectivity index (χ3n) is 3.32. The van der Waals surface area contributed by atoms with Crippen LogP contribution in [0.25, 0.3) is 0 Å². The minimum absolute atomic E-state index is 0.151. The summed E-state index contributed by atoms with van der Waals surface area (Å²) in [6, 6.07) is 8.93. The monoisotopic (exact) mass is 233 g/mol. The first kappa shape index (κ1) is 14.2. The molecule has 2 N–H and O–H groups in total. The molecule has 0 bridgehead atoms. The third-order valence-corrected chi connectivity index (χ3v) is 3.32. The molecule has 17 heavy (non-hydrogen) atoms. The summed E-state index contributed by atoms with van der Waals surface area (Å²) in [4.78, 5) is 0. The lowest BCUT2D eigenvalue weighted by Crippen LogP contribution is -2.04. The van der Waals surface area contributed by atoms with Crippen molar-refractivity contribution < 1.29 is 0 Å². The van der Waals surface area contributed by atoms with Gasteiger partial charge in [0.05, 0.1) is 0 Å².